The topological polar surface area (TPSA) is 47.0 Å². The third-order valence-electron chi connectivity index (χ3n) is 2.68. The van der Waals surface area contributed by atoms with Crippen LogP contribution in [0.5, 0.6) is 0 Å². The first kappa shape index (κ1) is 10.5. The molecule has 0 bridgehead atoms. The van der Waals surface area contributed by atoms with Gasteiger partial charge in [-0.25, -0.2) is 0 Å². The summed E-state index contributed by atoms with van der Waals surface area (Å²) in [4.78, 5) is 8.29. The van der Waals surface area contributed by atoms with E-state index < -0.39 is 0 Å². The molecule has 1 aromatic rings. The van der Waals surface area contributed by atoms with E-state index in [1.165, 1.54) is 0 Å². The standard InChI is InChI=1S/C11H17N3O/c1-9(11-8-13-6-7-14-11)15-10-2-4-12-5-3-10/h6-10,12H,2-5H2,1H3/t9-/m1/s1. The maximum absolute atomic E-state index is 5.93. The van der Waals surface area contributed by atoms with E-state index in [0.29, 0.717) is 6.10 Å². The second kappa shape index (κ2) is 5.19. The number of ether oxygens (including phenoxy) is 1. The summed E-state index contributed by atoms with van der Waals surface area (Å²) in [7, 11) is 0. The molecule has 0 saturated carbocycles. The zero-order valence-electron chi connectivity index (χ0n) is 9.02. The molecule has 0 spiro atoms. The molecule has 0 aromatic carbocycles. The summed E-state index contributed by atoms with van der Waals surface area (Å²) in [6, 6.07) is 0. The van der Waals surface area contributed by atoms with Gasteiger partial charge in [-0.05, 0) is 32.9 Å². The first-order valence-electron chi connectivity index (χ1n) is 5.48. The van der Waals surface area contributed by atoms with Crippen molar-refractivity contribution < 1.29 is 4.74 Å². The first-order chi connectivity index (χ1) is 7.36. The molecule has 15 heavy (non-hydrogen) atoms. The van der Waals surface area contributed by atoms with E-state index in [1.807, 2.05) is 6.92 Å². The van der Waals surface area contributed by atoms with Crippen molar-refractivity contribution in [3.8, 4) is 0 Å². The highest BCUT2D eigenvalue weighted by molar-refractivity contribution is 4.98. The van der Waals surface area contributed by atoms with Gasteiger partial charge in [0.2, 0.25) is 0 Å². The second-order valence-corrected chi connectivity index (χ2v) is 3.86. The van der Waals surface area contributed by atoms with Crippen LogP contribution >= 0.6 is 0 Å². The zero-order valence-corrected chi connectivity index (χ0v) is 9.02. The quantitative estimate of drug-likeness (QED) is 0.811. The van der Waals surface area contributed by atoms with Gasteiger partial charge in [0.1, 0.15) is 0 Å². The first-order valence-corrected chi connectivity index (χ1v) is 5.48. The largest absolute Gasteiger partial charge is 0.369 e. The van der Waals surface area contributed by atoms with Crippen molar-refractivity contribution in [2.75, 3.05) is 13.1 Å². The Balaban J connectivity index is 1.88. The highest BCUT2D eigenvalue weighted by atomic mass is 16.5. The van der Waals surface area contributed by atoms with Crippen LogP contribution in [-0.2, 0) is 4.74 Å². The summed E-state index contributed by atoms with van der Waals surface area (Å²) >= 11 is 0. The monoisotopic (exact) mass is 207 g/mol. The van der Waals surface area contributed by atoms with Crippen LogP contribution in [0.2, 0.25) is 0 Å². The van der Waals surface area contributed by atoms with Gasteiger partial charge in [-0.15, -0.1) is 0 Å². The smallest absolute Gasteiger partial charge is 0.0985 e. The highest BCUT2D eigenvalue weighted by Crippen LogP contribution is 2.19. The van der Waals surface area contributed by atoms with Crippen molar-refractivity contribution >= 4 is 0 Å². The molecule has 1 N–H and O–H groups in total. The van der Waals surface area contributed by atoms with E-state index in [4.69, 9.17) is 4.74 Å². The molecule has 0 radical (unpaired) electrons. The van der Waals surface area contributed by atoms with Gasteiger partial charge in [0.05, 0.1) is 24.1 Å². The molecule has 4 heteroatoms. The van der Waals surface area contributed by atoms with E-state index in [1.54, 1.807) is 18.6 Å². The average Bonchev–Trinajstić information content (AvgIpc) is 2.31. The SMILES string of the molecule is C[C@@H](OC1CCNCC1)c1cnccn1. The maximum Gasteiger partial charge on any atom is 0.0985 e. The summed E-state index contributed by atoms with van der Waals surface area (Å²) in [5, 5.41) is 3.32. The molecule has 1 saturated heterocycles. The van der Waals surface area contributed by atoms with E-state index in [2.05, 4.69) is 15.3 Å². The molecule has 0 aliphatic carbocycles. The Morgan fingerprint density at radius 3 is 2.87 bits per heavy atom. The molecule has 2 heterocycles. The molecule has 0 unspecified atom stereocenters. The van der Waals surface area contributed by atoms with Crippen LogP contribution in [0, 0.1) is 0 Å². The summed E-state index contributed by atoms with van der Waals surface area (Å²) in [6.07, 6.45) is 7.74. The van der Waals surface area contributed by atoms with Crippen LogP contribution in [0.1, 0.15) is 31.6 Å². The maximum atomic E-state index is 5.93. The second-order valence-electron chi connectivity index (χ2n) is 3.86. The number of hydrogen-bond acceptors (Lipinski definition) is 4. The van der Waals surface area contributed by atoms with Crippen LogP contribution in [0.3, 0.4) is 0 Å². The minimum atomic E-state index is 0.0433. The molecular weight excluding hydrogens is 190 g/mol. The summed E-state index contributed by atoms with van der Waals surface area (Å²) < 4.78 is 5.93. The van der Waals surface area contributed by atoms with Crippen LogP contribution < -0.4 is 5.32 Å². The van der Waals surface area contributed by atoms with Crippen molar-refractivity contribution in [2.24, 2.45) is 0 Å². The molecule has 1 aromatic heterocycles. The van der Waals surface area contributed by atoms with Crippen molar-refractivity contribution in [2.45, 2.75) is 32.0 Å². The highest BCUT2D eigenvalue weighted by Gasteiger charge is 2.17. The number of hydrogen-bond donors (Lipinski definition) is 1. The Bertz CT molecular complexity index is 285. The van der Waals surface area contributed by atoms with E-state index >= 15 is 0 Å². The predicted octanol–water partition coefficient (Wildman–Crippen LogP) is 1.31. The normalized spacial score (nSPS) is 20.1. The lowest BCUT2D eigenvalue weighted by Gasteiger charge is -2.25. The van der Waals surface area contributed by atoms with Crippen LogP contribution in [0.15, 0.2) is 18.6 Å². The minimum Gasteiger partial charge on any atom is -0.369 e. The van der Waals surface area contributed by atoms with Crippen molar-refractivity contribution in [3.05, 3.63) is 24.3 Å². The van der Waals surface area contributed by atoms with E-state index in [9.17, 15) is 0 Å². The lowest BCUT2D eigenvalue weighted by Crippen LogP contribution is -2.33. The molecule has 0 amide bonds. The van der Waals surface area contributed by atoms with E-state index in [-0.39, 0.29) is 6.10 Å². The van der Waals surface area contributed by atoms with Gasteiger partial charge in [-0.2, -0.15) is 0 Å². The van der Waals surface area contributed by atoms with Gasteiger partial charge < -0.3 is 10.1 Å². The number of rotatable bonds is 3. The third-order valence-corrected chi connectivity index (χ3v) is 2.68. The summed E-state index contributed by atoms with van der Waals surface area (Å²) in [6.45, 7) is 4.14. The lowest BCUT2D eigenvalue weighted by molar-refractivity contribution is -0.0207. The van der Waals surface area contributed by atoms with Gasteiger partial charge >= 0.3 is 0 Å². The van der Waals surface area contributed by atoms with E-state index in [0.717, 1.165) is 31.6 Å². The fourth-order valence-electron chi connectivity index (χ4n) is 1.81. The average molecular weight is 207 g/mol. The Hall–Kier alpha value is -1.00. The van der Waals surface area contributed by atoms with Crippen LogP contribution in [-0.4, -0.2) is 29.2 Å². The number of nitrogens with one attached hydrogen (secondary N) is 1. The molecule has 1 aliphatic heterocycles. The van der Waals surface area contributed by atoms with Crippen molar-refractivity contribution in [1.29, 1.82) is 0 Å². The molecular formula is C11H17N3O. The fraction of sp³-hybridized carbons (Fsp3) is 0.636. The van der Waals surface area contributed by atoms with Crippen molar-refractivity contribution in [3.63, 3.8) is 0 Å². The van der Waals surface area contributed by atoms with Gasteiger partial charge in [0, 0.05) is 12.4 Å². The summed E-state index contributed by atoms with van der Waals surface area (Å²) in [5.74, 6) is 0. The molecule has 1 fully saturated rings. The Kier molecular flexibility index (Phi) is 3.64. The van der Waals surface area contributed by atoms with Gasteiger partial charge in [-0.3, -0.25) is 9.97 Å². The van der Waals surface area contributed by atoms with Crippen LogP contribution in [0.25, 0.3) is 0 Å². The number of nitrogens with zero attached hydrogens (tertiary/aromatic N) is 2. The molecule has 2 rings (SSSR count). The Morgan fingerprint density at radius 2 is 2.20 bits per heavy atom. The number of piperidine rings is 1. The van der Waals surface area contributed by atoms with Crippen LogP contribution in [0.4, 0.5) is 0 Å². The minimum absolute atomic E-state index is 0.0433. The Morgan fingerprint density at radius 1 is 1.40 bits per heavy atom. The van der Waals surface area contributed by atoms with Gasteiger partial charge in [-0.1, -0.05) is 0 Å². The predicted molar refractivity (Wildman–Crippen MR) is 57.4 cm³/mol. The lowest BCUT2D eigenvalue weighted by atomic mass is 10.1. The zero-order chi connectivity index (χ0) is 10.5. The molecule has 1 aliphatic rings. The van der Waals surface area contributed by atoms with Gasteiger partial charge in [0.25, 0.3) is 0 Å². The fourth-order valence-corrected chi connectivity index (χ4v) is 1.81. The summed E-state index contributed by atoms with van der Waals surface area (Å²) in [5.41, 5.74) is 0.913. The molecule has 4 nitrogen and oxygen atoms in total. The number of aromatic nitrogens is 2. The Labute approximate surface area is 90.1 Å². The molecule has 82 valence electrons. The van der Waals surface area contributed by atoms with Crippen molar-refractivity contribution in [1.82, 2.24) is 15.3 Å². The molecule has 1 atom stereocenters. The van der Waals surface area contributed by atoms with Gasteiger partial charge in [0.15, 0.2) is 0 Å². The third kappa shape index (κ3) is 2.97.